The van der Waals surface area contributed by atoms with Gasteiger partial charge in [0.15, 0.2) is 0 Å². The Kier molecular flexibility index (Phi) is 4.13. The van der Waals surface area contributed by atoms with E-state index >= 15 is 0 Å². The van der Waals surface area contributed by atoms with Crippen LogP contribution in [0.2, 0.25) is 0 Å². The van der Waals surface area contributed by atoms with E-state index in [1.165, 1.54) is 25.9 Å². The van der Waals surface area contributed by atoms with Crippen LogP contribution in [0.25, 0.3) is 0 Å². The van der Waals surface area contributed by atoms with Crippen LogP contribution in [0.1, 0.15) is 31.4 Å². The zero-order valence-electron chi connectivity index (χ0n) is 12.2. The summed E-state index contributed by atoms with van der Waals surface area (Å²) in [6.07, 6.45) is 2.63. The van der Waals surface area contributed by atoms with Crippen LogP contribution in [0.15, 0.2) is 18.2 Å². The maximum atomic E-state index is 6.47. The van der Waals surface area contributed by atoms with Crippen LogP contribution in [0.4, 0.5) is 0 Å². The van der Waals surface area contributed by atoms with Gasteiger partial charge in [-0.25, -0.2) is 0 Å². The van der Waals surface area contributed by atoms with Crippen molar-refractivity contribution in [3.63, 3.8) is 0 Å². The van der Waals surface area contributed by atoms with Crippen molar-refractivity contribution in [3.8, 4) is 11.5 Å². The van der Waals surface area contributed by atoms with Crippen molar-refractivity contribution in [1.29, 1.82) is 0 Å². The van der Waals surface area contributed by atoms with Crippen LogP contribution in [0.3, 0.4) is 0 Å². The molecule has 0 aliphatic carbocycles. The summed E-state index contributed by atoms with van der Waals surface area (Å²) < 4.78 is 11.5. The number of rotatable bonds is 4. The van der Waals surface area contributed by atoms with Gasteiger partial charge in [0.05, 0.1) is 13.2 Å². The molecule has 0 amide bonds. The highest BCUT2D eigenvalue weighted by molar-refractivity contribution is 5.43. The Hall–Kier alpha value is -1.26. The molecular formula is C16H24N2O2. The fourth-order valence-electron chi connectivity index (χ4n) is 3.19. The minimum absolute atomic E-state index is 0.0414. The number of hydrogen-bond donors (Lipinski definition) is 1. The molecule has 0 spiro atoms. The summed E-state index contributed by atoms with van der Waals surface area (Å²) in [6.45, 7) is 6.83. The Bertz CT molecular complexity index is 458. The SMILES string of the molecule is CCOc1ccc2c(c1)C(N)C(CN1CCCC1)CO2. The van der Waals surface area contributed by atoms with Gasteiger partial charge in [-0.05, 0) is 51.1 Å². The molecule has 2 atom stereocenters. The molecule has 1 aromatic rings. The van der Waals surface area contributed by atoms with Gasteiger partial charge in [-0.1, -0.05) is 0 Å². The first-order valence-corrected chi connectivity index (χ1v) is 7.65. The van der Waals surface area contributed by atoms with Crippen LogP contribution in [0.5, 0.6) is 11.5 Å². The van der Waals surface area contributed by atoms with Crippen LogP contribution in [0, 0.1) is 5.92 Å². The lowest BCUT2D eigenvalue weighted by Crippen LogP contribution is -2.39. The minimum atomic E-state index is 0.0414. The van der Waals surface area contributed by atoms with Crippen LogP contribution >= 0.6 is 0 Å². The second-order valence-electron chi connectivity index (χ2n) is 5.74. The third-order valence-electron chi connectivity index (χ3n) is 4.30. The second kappa shape index (κ2) is 6.02. The molecule has 3 rings (SSSR count). The van der Waals surface area contributed by atoms with Gasteiger partial charge >= 0.3 is 0 Å². The number of hydrogen-bond acceptors (Lipinski definition) is 4. The fraction of sp³-hybridized carbons (Fsp3) is 0.625. The van der Waals surface area contributed by atoms with Gasteiger partial charge in [0.2, 0.25) is 0 Å². The van der Waals surface area contributed by atoms with Gasteiger partial charge in [0.1, 0.15) is 11.5 Å². The monoisotopic (exact) mass is 276 g/mol. The normalized spacial score (nSPS) is 26.1. The molecule has 4 heteroatoms. The number of ether oxygens (including phenoxy) is 2. The molecule has 1 aromatic carbocycles. The quantitative estimate of drug-likeness (QED) is 0.916. The fourth-order valence-corrected chi connectivity index (χ4v) is 3.19. The first-order chi connectivity index (χ1) is 9.78. The van der Waals surface area contributed by atoms with Crippen LogP contribution in [-0.4, -0.2) is 37.7 Å². The third kappa shape index (κ3) is 2.76. The van der Waals surface area contributed by atoms with Crippen molar-refractivity contribution >= 4 is 0 Å². The Labute approximate surface area is 120 Å². The first kappa shape index (κ1) is 13.7. The van der Waals surface area contributed by atoms with Crippen molar-refractivity contribution in [2.75, 3.05) is 32.8 Å². The molecule has 0 saturated carbocycles. The van der Waals surface area contributed by atoms with Gasteiger partial charge in [0.25, 0.3) is 0 Å². The van der Waals surface area contributed by atoms with E-state index in [4.69, 9.17) is 15.2 Å². The topological polar surface area (TPSA) is 47.7 Å². The summed E-state index contributed by atoms with van der Waals surface area (Å²) in [5.74, 6) is 2.17. The summed E-state index contributed by atoms with van der Waals surface area (Å²) in [7, 11) is 0. The highest BCUT2D eigenvalue weighted by Gasteiger charge is 2.30. The van der Waals surface area contributed by atoms with E-state index in [0.29, 0.717) is 12.5 Å². The molecule has 2 unspecified atom stereocenters. The van der Waals surface area contributed by atoms with Crippen LogP contribution in [-0.2, 0) is 0 Å². The molecule has 2 aliphatic heterocycles. The zero-order chi connectivity index (χ0) is 13.9. The van der Waals surface area contributed by atoms with E-state index in [9.17, 15) is 0 Å². The lowest BCUT2D eigenvalue weighted by Gasteiger charge is -2.33. The summed E-state index contributed by atoms with van der Waals surface area (Å²) in [5.41, 5.74) is 7.56. The lowest BCUT2D eigenvalue weighted by atomic mass is 9.91. The minimum Gasteiger partial charge on any atom is -0.494 e. The highest BCUT2D eigenvalue weighted by Crippen LogP contribution is 2.36. The molecule has 2 heterocycles. The van der Waals surface area contributed by atoms with E-state index in [2.05, 4.69) is 4.90 Å². The van der Waals surface area contributed by atoms with Gasteiger partial charge in [-0.15, -0.1) is 0 Å². The third-order valence-corrected chi connectivity index (χ3v) is 4.30. The van der Waals surface area contributed by atoms with Gasteiger partial charge in [0, 0.05) is 24.1 Å². The van der Waals surface area contributed by atoms with Crippen molar-refractivity contribution in [2.24, 2.45) is 11.7 Å². The number of benzene rings is 1. The van der Waals surface area contributed by atoms with Gasteiger partial charge in [-0.3, -0.25) is 0 Å². The van der Waals surface area contributed by atoms with Crippen molar-refractivity contribution in [1.82, 2.24) is 4.90 Å². The Balaban J connectivity index is 1.74. The number of fused-ring (bicyclic) bond motifs is 1. The lowest BCUT2D eigenvalue weighted by molar-refractivity contribution is 0.151. The van der Waals surface area contributed by atoms with E-state index in [1.807, 2.05) is 25.1 Å². The number of nitrogens with two attached hydrogens (primary N) is 1. The maximum Gasteiger partial charge on any atom is 0.124 e. The molecule has 1 saturated heterocycles. The summed E-state index contributed by atoms with van der Waals surface area (Å²) >= 11 is 0. The van der Waals surface area contributed by atoms with E-state index in [1.54, 1.807) is 0 Å². The average molecular weight is 276 g/mol. The molecular weight excluding hydrogens is 252 g/mol. The van der Waals surface area contributed by atoms with E-state index in [-0.39, 0.29) is 6.04 Å². The number of likely N-dealkylation sites (tertiary alicyclic amines) is 1. The molecule has 0 bridgehead atoms. The smallest absolute Gasteiger partial charge is 0.124 e. The Morgan fingerprint density at radius 2 is 2.15 bits per heavy atom. The number of nitrogens with zero attached hydrogens (tertiary/aromatic N) is 1. The molecule has 2 aliphatic rings. The summed E-state index contributed by atoms with van der Waals surface area (Å²) in [4.78, 5) is 2.51. The maximum absolute atomic E-state index is 6.47. The standard InChI is InChI=1S/C16H24N2O2/c1-2-19-13-5-6-15-14(9-13)16(17)12(11-20-15)10-18-7-3-4-8-18/h5-6,9,12,16H,2-4,7-8,10-11,17H2,1H3. The van der Waals surface area contributed by atoms with E-state index < -0.39 is 0 Å². The summed E-state index contributed by atoms with van der Waals surface area (Å²) in [5, 5.41) is 0. The van der Waals surface area contributed by atoms with E-state index in [0.717, 1.165) is 30.2 Å². The van der Waals surface area contributed by atoms with Crippen LogP contribution < -0.4 is 15.2 Å². The highest BCUT2D eigenvalue weighted by atomic mass is 16.5. The predicted molar refractivity (Wildman–Crippen MR) is 79.2 cm³/mol. The molecule has 1 fully saturated rings. The first-order valence-electron chi connectivity index (χ1n) is 7.65. The molecule has 4 nitrogen and oxygen atoms in total. The molecule has 110 valence electrons. The van der Waals surface area contributed by atoms with Crippen molar-refractivity contribution in [3.05, 3.63) is 23.8 Å². The largest absolute Gasteiger partial charge is 0.494 e. The average Bonchev–Trinajstić information content (AvgIpc) is 2.96. The molecule has 20 heavy (non-hydrogen) atoms. The second-order valence-corrected chi connectivity index (χ2v) is 5.74. The predicted octanol–water partition coefficient (Wildman–Crippen LogP) is 2.19. The molecule has 0 aromatic heterocycles. The zero-order valence-corrected chi connectivity index (χ0v) is 12.2. The molecule has 0 radical (unpaired) electrons. The van der Waals surface area contributed by atoms with Crippen molar-refractivity contribution in [2.45, 2.75) is 25.8 Å². The Morgan fingerprint density at radius 1 is 1.35 bits per heavy atom. The van der Waals surface area contributed by atoms with Crippen molar-refractivity contribution < 1.29 is 9.47 Å². The molecule has 2 N–H and O–H groups in total. The summed E-state index contributed by atoms with van der Waals surface area (Å²) in [6, 6.07) is 6.02. The van der Waals surface area contributed by atoms with Gasteiger partial charge in [-0.2, -0.15) is 0 Å². The van der Waals surface area contributed by atoms with Gasteiger partial charge < -0.3 is 20.1 Å². The Morgan fingerprint density at radius 3 is 2.90 bits per heavy atom.